The van der Waals surface area contributed by atoms with Gasteiger partial charge in [-0.1, -0.05) is 6.92 Å². The van der Waals surface area contributed by atoms with Crippen LogP contribution < -0.4 is 25.0 Å². The molecule has 1 aliphatic carbocycles. The zero-order valence-corrected chi connectivity index (χ0v) is 5.77. The van der Waals surface area contributed by atoms with Crippen LogP contribution >= 0.6 is 0 Å². The molecule has 6 heavy (non-hydrogen) atoms. The molecular formula is C4H7IN+. The van der Waals surface area contributed by atoms with E-state index in [0.29, 0.717) is 21.5 Å². The first-order chi connectivity index (χ1) is 2.89. The molecule has 2 heteroatoms. The molecule has 0 aromatic heterocycles. The predicted octanol–water partition coefficient (Wildman–Crippen LogP) is -3.02. The third kappa shape index (κ3) is 0.259. The van der Waals surface area contributed by atoms with Crippen LogP contribution in [0.4, 0.5) is 0 Å². The van der Waals surface area contributed by atoms with Crippen molar-refractivity contribution >= 4 is 0 Å². The molecule has 2 fully saturated rings. The Hall–Kier alpha value is 0.690. The van der Waals surface area contributed by atoms with Crippen LogP contribution in [-0.4, -0.2) is 9.97 Å². The van der Waals surface area contributed by atoms with Gasteiger partial charge >= 0.3 is 21.5 Å². The van der Waals surface area contributed by atoms with E-state index in [1.807, 2.05) is 0 Å². The van der Waals surface area contributed by atoms with Gasteiger partial charge in [-0.05, 0) is 0 Å². The number of alkyl halides is 1. The number of hydrogen-bond donors (Lipinski definition) is 1. The first-order valence-electron chi connectivity index (χ1n) is 2.27. The SMILES string of the molecule is CC1C2N[I+]C12. The van der Waals surface area contributed by atoms with Gasteiger partial charge in [-0.25, -0.2) is 0 Å². The van der Waals surface area contributed by atoms with Crippen molar-refractivity contribution in [3.8, 4) is 0 Å². The number of rotatable bonds is 0. The molecule has 0 aromatic rings. The van der Waals surface area contributed by atoms with Crippen molar-refractivity contribution in [1.82, 2.24) is 3.53 Å². The monoisotopic (exact) mass is 196 g/mol. The molecule has 0 radical (unpaired) electrons. The van der Waals surface area contributed by atoms with E-state index in [0.717, 1.165) is 12.0 Å². The minimum atomic E-state index is 0.512. The maximum Gasteiger partial charge on any atom is 0.390 e. The summed E-state index contributed by atoms with van der Waals surface area (Å²) >= 11 is 0.512. The van der Waals surface area contributed by atoms with Crippen LogP contribution in [0.25, 0.3) is 0 Å². The second-order valence-corrected chi connectivity index (χ2v) is 4.73. The zero-order valence-electron chi connectivity index (χ0n) is 3.61. The van der Waals surface area contributed by atoms with E-state index in [4.69, 9.17) is 0 Å². The van der Waals surface area contributed by atoms with Gasteiger partial charge in [-0.3, -0.25) is 0 Å². The Morgan fingerprint density at radius 1 is 1.67 bits per heavy atom. The fourth-order valence-corrected chi connectivity index (χ4v) is 4.01. The molecule has 1 saturated heterocycles. The van der Waals surface area contributed by atoms with Crippen molar-refractivity contribution < 1.29 is 21.5 Å². The summed E-state index contributed by atoms with van der Waals surface area (Å²) in [6.07, 6.45) is 0. The highest BCUT2D eigenvalue weighted by atomic mass is 127. The lowest BCUT2D eigenvalue weighted by Gasteiger charge is -1.87. The lowest BCUT2D eigenvalue weighted by molar-refractivity contribution is -0.768. The highest BCUT2D eigenvalue weighted by Crippen LogP contribution is 2.26. The number of nitrogens with one attached hydrogen (secondary N) is 1. The predicted molar refractivity (Wildman–Crippen MR) is 19.9 cm³/mol. The summed E-state index contributed by atoms with van der Waals surface area (Å²) in [5.74, 6) is 1.07. The summed E-state index contributed by atoms with van der Waals surface area (Å²) in [7, 11) is 0. The lowest BCUT2D eigenvalue weighted by Crippen LogP contribution is -3.74. The summed E-state index contributed by atoms with van der Waals surface area (Å²) in [6, 6.07) is 0.998. The van der Waals surface area contributed by atoms with Crippen LogP contribution in [0.5, 0.6) is 0 Å². The molecule has 0 bridgehead atoms. The van der Waals surface area contributed by atoms with Gasteiger partial charge < -0.3 is 0 Å². The van der Waals surface area contributed by atoms with Crippen molar-refractivity contribution in [3.63, 3.8) is 0 Å². The minimum absolute atomic E-state index is 0.512. The topological polar surface area (TPSA) is 12.0 Å². The normalized spacial score (nSPS) is 62.5. The Bertz CT molecular complexity index is 66.9. The van der Waals surface area contributed by atoms with E-state index in [1.54, 1.807) is 0 Å². The first kappa shape index (κ1) is 3.66. The van der Waals surface area contributed by atoms with Gasteiger partial charge in [0.15, 0.2) is 3.92 Å². The smallest absolute Gasteiger partial charge is 0.102 e. The Labute approximate surface area is 48.1 Å². The molecule has 1 heterocycles. The van der Waals surface area contributed by atoms with Gasteiger partial charge in [0, 0.05) is 5.92 Å². The maximum absolute atomic E-state index is 3.44. The largest absolute Gasteiger partial charge is 0.390 e. The molecule has 34 valence electrons. The Kier molecular flexibility index (Phi) is 0.559. The van der Waals surface area contributed by atoms with Gasteiger partial charge in [-0.2, -0.15) is 0 Å². The van der Waals surface area contributed by atoms with E-state index in [-0.39, 0.29) is 0 Å². The summed E-state index contributed by atoms with van der Waals surface area (Å²) < 4.78 is 4.64. The molecule has 1 N–H and O–H groups in total. The summed E-state index contributed by atoms with van der Waals surface area (Å²) in [5, 5.41) is 0. The van der Waals surface area contributed by atoms with Gasteiger partial charge in [0.25, 0.3) is 0 Å². The summed E-state index contributed by atoms with van der Waals surface area (Å²) in [4.78, 5) is 0. The third-order valence-corrected chi connectivity index (χ3v) is 5.29. The van der Waals surface area contributed by atoms with E-state index in [1.165, 1.54) is 3.92 Å². The second-order valence-electron chi connectivity index (χ2n) is 2.05. The zero-order chi connectivity index (χ0) is 4.15. The molecular weight excluding hydrogens is 189 g/mol. The number of fused-ring (bicyclic) bond motifs is 1. The van der Waals surface area contributed by atoms with Crippen LogP contribution in [0.1, 0.15) is 6.92 Å². The lowest BCUT2D eigenvalue weighted by atomic mass is 10.5. The molecule has 1 nitrogen and oxygen atoms in total. The Morgan fingerprint density at radius 3 is 2.33 bits per heavy atom. The van der Waals surface area contributed by atoms with E-state index in [2.05, 4.69) is 10.5 Å². The highest BCUT2D eigenvalue weighted by Gasteiger charge is 2.69. The van der Waals surface area contributed by atoms with E-state index >= 15 is 0 Å². The van der Waals surface area contributed by atoms with Crippen molar-refractivity contribution in [2.75, 3.05) is 0 Å². The molecule has 0 amide bonds. The minimum Gasteiger partial charge on any atom is -0.102 e. The van der Waals surface area contributed by atoms with Crippen molar-refractivity contribution in [3.05, 3.63) is 0 Å². The van der Waals surface area contributed by atoms with Gasteiger partial charge in [0.1, 0.15) is 6.04 Å². The quantitative estimate of drug-likeness (QED) is 0.247. The van der Waals surface area contributed by atoms with Crippen LogP contribution in [0, 0.1) is 5.92 Å². The van der Waals surface area contributed by atoms with Crippen molar-refractivity contribution in [1.29, 1.82) is 0 Å². The average molecular weight is 196 g/mol. The van der Waals surface area contributed by atoms with Crippen LogP contribution in [0.2, 0.25) is 0 Å². The second kappa shape index (κ2) is 0.916. The fraction of sp³-hybridized carbons (Fsp3) is 1.00. The fourth-order valence-electron chi connectivity index (χ4n) is 0.821. The van der Waals surface area contributed by atoms with Crippen LogP contribution in [0.15, 0.2) is 0 Å². The van der Waals surface area contributed by atoms with Gasteiger partial charge in [0.2, 0.25) is 0 Å². The third-order valence-electron chi connectivity index (χ3n) is 1.59. The van der Waals surface area contributed by atoms with Crippen LogP contribution in [-0.2, 0) is 0 Å². The van der Waals surface area contributed by atoms with E-state index < -0.39 is 0 Å². The van der Waals surface area contributed by atoms with Crippen molar-refractivity contribution in [2.45, 2.75) is 16.9 Å². The standard InChI is InChI=1S/C4H7IN/c1-2-3-4(2)6-5-3/h2-4,6H,1H3/q+1. The average Bonchev–Trinajstić information content (AvgIpc) is 1.63. The summed E-state index contributed by atoms with van der Waals surface area (Å²) in [6.45, 7) is 2.34. The number of hydrogen-bond acceptors (Lipinski definition) is 1. The molecule has 0 spiro atoms. The van der Waals surface area contributed by atoms with Gasteiger partial charge in [-0.15, -0.1) is 3.53 Å². The Morgan fingerprint density at radius 2 is 2.33 bits per heavy atom. The van der Waals surface area contributed by atoms with E-state index in [9.17, 15) is 0 Å². The summed E-state index contributed by atoms with van der Waals surface area (Å²) in [5.41, 5.74) is 0. The molecule has 2 rings (SSSR count). The first-order valence-corrected chi connectivity index (χ1v) is 4.60. The molecule has 0 aromatic carbocycles. The van der Waals surface area contributed by atoms with Gasteiger partial charge in [0.05, 0.1) is 0 Å². The molecule has 2 aliphatic rings. The molecule has 3 atom stereocenters. The maximum atomic E-state index is 3.44. The number of halogens is 1. The van der Waals surface area contributed by atoms with Crippen LogP contribution in [0.3, 0.4) is 0 Å². The Balaban J connectivity index is 2.11. The van der Waals surface area contributed by atoms with Crippen molar-refractivity contribution in [2.24, 2.45) is 5.92 Å². The molecule has 3 unspecified atom stereocenters. The highest BCUT2D eigenvalue weighted by molar-refractivity contribution is 5.02. The molecule has 1 saturated carbocycles. The molecule has 1 aliphatic heterocycles.